The number of piperidine rings is 1. The summed E-state index contributed by atoms with van der Waals surface area (Å²) in [6.07, 6.45) is 2.49. The quantitative estimate of drug-likeness (QED) is 0.579. The number of aryl methyl sites for hydroxylation is 2. The van der Waals surface area contributed by atoms with Crippen LogP contribution < -0.4 is 0 Å². The molecule has 0 aromatic carbocycles. The molecular formula is C17H23N5O3S. The number of hydrogen-bond acceptors (Lipinski definition) is 7. The van der Waals surface area contributed by atoms with Gasteiger partial charge in [0.15, 0.2) is 5.16 Å². The van der Waals surface area contributed by atoms with Gasteiger partial charge in [-0.05, 0) is 46.1 Å². The van der Waals surface area contributed by atoms with Crippen LogP contribution in [0.4, 0.5) is 0 Å². The van der Waals surface area contributed by atoms with Gasteiger partial charge in [-0.3, -0.25) is 9.20 Å². The fraction of sp³-hybridized carbons (Fsp3) is 0.588. The first kappa shape index (κ1) is 18.6. The van der Waals surface area contributed by atoms with Crippen molar-refractivity contribution in [1.29, 1.82) is 0 Å². The normalized spacial score (nSPS) is 17.5. The van der Waals surface area contributed by atoms with Gasteiger partial charge in [-0.25, -0.2) is 9.78 Å². The Labute approximate surface area is 156 Å². The number of carbonyl (C=O) groups is 2. The van der Waals surface area contributed by atoms with Crippen molar-refractivity contribution < 1.29 is 14.3 Å². The van der Waals surface area contributed by atoms with Gasteiger partial charge in [0, 0.05) is 17.9 Å². The van der Waals surface area contributed by atoms with E-state index in [1.807, 2.05) is 24.3 Å². The molecule has 3 rings (SSSR count). The van der Waals surface area contributed by atoms with Gasteiger partial charge in [0.2, 0.25) is 5.91 Å². The van der Waals surface area contributed by atoms with E-state index >= 15 is 0 Å². The maximum atomic E-state index is 12.7. The molecule has 3 heterocycles. The van der Waals surface area contributed by atoms with Crippen LogP contribution in [0.5, 0.6) is 0 Å². The lowest BCUT2D eigenvalue weighted by Crippen LogP contribution is -2.49. The van der Waals surface area contributed by atoms with Crippen LogP contribution in [0.25, 0.3) is 5.78 Å². The van der Waals surface area contributed by atoms with Crippen molar-refractivity contribution in [2.45, 2.75) is 51.2 Å². The lowest BCUT2D eigenvalue weighted by molar-refractivity contribution is -0.155. The minimum atomic E-state index is -0.474. The predicted octanol–water partition coefficient (Wildman–Crippen LogP) is 1.78. The zero-order chi connectivity index (χ0) is 18.7. The Hall–Kier alpha value is -2.16. The number of fused-ring (bicyclic) bond motifs is 1. The first-order valence-corrected chi connectivity index (χ1v) is 9.78. The van der Waals surface area contributed by atoms with Crippen LogP contribution in [-0.4, -0.2) is 61.3 Å². The molecule has 0 bridgehead atoms. The van der Waals surface area contributed by atoms with E-state index in [-0.39, 0.29) is 17.6 Å². The molecule has 1 fully saturated rings. The predicted molar refractivity (Wildman–Crippen MR) is 97.0 cm³/mol. The van der Waals surface area contributed by atoms with Crippen LogP contribution in [0.2, 0.25) is 0 Å². The molecule has 1 aliphatic heterocycles. The van der Waals surface area contributed by atoms with Crippen molar-refractivity contribution in [1.82, 2.24) is 24.5 Å². The molecule has 1 amide bonds. The molecule has 140 valence electrons. The summed E-state index contributed by atoms with van der Waals surface area (Å²) in [6, 6.07) is 1.47. The van der Waals surface area contributed by atoms with Crippen LogP contribution in [0.1, 0.15) is 37.6 Å². The van der Waals surface area contributed by atoms with Crippen molar-refractivity contribution in [3.8, 4) is 0 Å². The number of hydrogen-bond donors (Lipinski definition) is 0. The van der Waals surface area contributed by atoms with Crippen molar-refractivity contribution in [3.63, 3.8) is 0 Å². The number of nitrogens with zero attached hydrogens (tertiary/aromatic N) is 5. The first-order valence-electron chi connectivity index (χ1n) is 8.79. The number of likely N-dealkylation sites (tertiary alicyclic amines) is 1. The van der Waals surface area contributed by atoms with Gasteiger partial charge in [0.25, 0.3) is 5.78 Å². The minimum Gasteiger partial charge on any atom is -0.464 e. The fourth-order valence-corrected chi connectivity index (χ4v) is 4.09. The summed E-state index contributed by atoms with van der Waals surface area (Å²) >= 11 is 1.31. The Morgan fingerprint density at radius 2 is 2.12 bits per heavy atom. The van der Waals surface area contributed by atoms with E-state index in [0.717, 1.165) is 24.2 Å². The highest BCUT2D eigenvalue weighted by molar-refractivity contribution is 7.99. The summed E-state index contributed by atoms with van der Waals surface area (Å²) in [6.45, 7) is 6.55. The lowest BCUT2D eigenvalue weighted by Gasteiger charge is -2.33. The molecule has 2 aromatic rings. The van der Waals surface area contributed by atoms with Crippen LogP contribution in [0, 0.1) is 13.8 Å². The smallest absolute Gasteiger partial charge is 0.328 e. The van der Waals surface area contributed by atoms with E-state index in [4.69, 9.17) is 4.74 Å². The van der Waals surface area contributed by atoms with E-state index in [9.17, 15) is 9.59 Å². The van der Waals surface area contributed by atoms with Gasteiger partial charge in [-0.1, -0.05) is 11.8 Å². The number of ether oxygens (including phenoxy) is 1. The maximum Gasteiger partial charge on any atom is 0.328 e. The molecule has 9 heteroatoms. The second-order valence-electron chi connectivity index (χ2n) is 6.30. The third-order valence-electron chi connectivity index (χ3n) is 4.37. The highest BCUT2D eigenvalue weighted by Gasteiger charge is 2.33. The first-order chi connectivity index (χ1) is 12.5. The molecule has 1 saturated heterocycles. The van der Waals surface area contributed by atoms with Gasteiger partial charge in [-0.15, -0.1) is 10.2 Å². The molecule has 0 aliphatic carbocycles. The van der Waals surface area contributed by atoms with Crippen LogP contribution in [0.15, 0.2) is 11.2 Å². The highest BCUT2D eigenvalue weighted by Crippen LogP contribution is 2.23. The monoisotopic (exact) mass is 377 g/mol. The summed E-state index contributed by atoms with van der Waals surface area (Å²) in [7, 11) is 0. The number of amides is 1. The SMILES string of the molecule is CCOC(=O)[C@@H]1CCCCN1C(=O)CSc1nnc2nc(C)cc(C)n12. The summed E-state index contributed by atoms with van der Waals surface area (Å²) < 4.78 is 6.96. The topological polar surface area (TPSA) is 89.7 Å². The molecule has 0 N–H and O–H groups in total. The second kappa shape index (κ2) is 8.03. The standard InChI is InChI=1S/C17H23N5O3S/c1-4-25-15(24)13-7-5-6-8-21(13)14(23)10-26-17-20-19-16-18-11(2)9-12(3)22(16)17/h9,13H,4-8,10H2,1-3H3/t13-/m0/s1. The third kappa shape index (κ3) is 3.82. The third-order valence-corrected chi connectivity index (χ3v) is 5.28. The van der Waals surface area contributed by atoms with E-state index in [0.29, 0.717) is 30.5 Å². The van der Waals surface area contributed by atoms with Crippen molar-refractivity contribution in [2.75, 3.05) is 18.9 Å². The summed E-state index contributed by atoms with van der Waals surface area (Å²) in [4.78, 5) is 30.8. The molecule has 2 aromatic heterocycles. The van der Waals surface area contributed by atoms with Crippen LogP contribution in [-0.2, 0) is 14.3 Å². The number of thioether (sulfide) groups is 1. The van der Waals surface area contributed by atoms with E-state index < -0.39 is 6.04 Å². The largest absolute Gasteiger partial charge is 0.464 e. The second-order valence-corrected chi connectivity index (χ2v) is 7.24. The van der Waals surface area contributed by atoms with Crippen molar-refractivity contribution >= 4 is 29.4 Å². The molecule has 26 heavy (non-hydrogen) atoms. The Morgan fingerprint density at radius 3 is 2.88 bits per heavy atom. The van der Waals surface area contributed by atoms with Gasteiger partial charge in [0.1, 0.15) is 6.04 Å². The average Bonchev–Trinajstić information content (AvgIpc) is 3.03. The highest BCUT2D eigenvalue weighted by atomic mass is 32.2. The fourth-order valence-electron chi connectivity index (χ4n) is 3.22. The van der Waals surface area contributed by atoms with Gasteiger partial charge in [-0.2, -0.15) is 0 Å². The Kier molecular flexibility index (Phi) is 5.75. The Morgan fingerprint density at radius 1 is 1.31 bits per heavy atom. The van der Waals surface area contributed by atoms with Crippen LogP contribution >= 0.6 is 11.8 Å². The minimum absolute atomic E-state index is 0.0813. The number of aromatic nitrogens is 4. The van der Waals surface area contributed by atoms with E-state index in [2.05, 4.69) is 15.2 Å². The molecule has 0 spiro atoms. The summed E-state index contributed by atoms with van der Waals surface area (Å²) in [5, 5.41) is 8.86. The zero-order valence-electron chi connectivity index (χ0n) is 15.3. The maximum absolute atomic E-state index is 12.7. The Balaban J connectivity index is 1.71. The lowest BCUT2D eigenvalue weighted by atomic mass is 10.0. The van der Waals surface area contributed by atoms with Crippen LogP contribution in [0.3, 0.4) is 0 Å². The summed E-state index contributed by atoms with van der Waals surface area (Å²) in [5.41, 5.74) is 1.84. The molecule has 1 atom stereocenters. The molecule has 0 radical (unpaired) electrons. The van der Waals surface area contributed by atoms with Gasteiger partial charge < -0.3 is 9.64 Å². The van der Waals surface area contributed by atoms with Crippen molar-refractivity contribution in [2.24, 2.45) is 0 Å². The molecule has 0 saturated carbocycles. The van der Waals surface area contributed by atoms with E-state index in [1.165, 1.54) is 11.8 Å². The number of esters is 1. The van der Waals surface area contributed by atoms with Gasteiger partial charge >= 0.3 is 5.97 Å². The number of carbonyl (C=O) groups excluding carboxylic acids is 2. The molecular weight excluding hydrogens is 354 g/mol. The molecule has 0 unspecified atom stereocenters. The van der Waals surface area contributed by atoms with Gasteiger partial charge in [0.05, 0.1) is 12.4 Å². The molecule has 8 nitrogen and oxygen atoms in total. The molecule has 1 aliphatic rings. The summed E-state index contributed by atoms with van der Waals surface area (Å²) in [5.74, 6) is 0.334. The Bertz CT molecular complexity index is 822. The number of rotatable bonds is 5. The average molecular weight is 377 g/mol. The zero-order valence-corrected chi connectivity index (χ0v) is 16.1. The van der Waals surface area contributed by atoms with Crippen molar-refractivity contribution in [3.05, 3.63) is 17.5 Å². The van der Waals surface area contributed by atoms with E-state index in [1.54, 1.807) is 11.8 Å².